The fourth-order valence-electron chi connectivity index (χ4n) is 4.38. The highest BCUT2D eigenvalue weighted by atomic mass is 32.2. The van der Waals surface area contributed by atoms with Crippen LogP contribution in [0.3, 0.4) is 0 Å². The van der Waals surface area contributed by atoms with Gasteiger partial charge in [-0.2, -0.15) is 0 Å². The van der Waals surface area contributed by atoms with Gasteiger partial charge in [-0.05, 0) is 53.1 Å². The molecule has 0 aromatic heterocycles. The molecule has 0 aliphatic heterocycles. The van der Waals surface area contributed by atoms with Crippen LogP contribution in [-0.4, -0.2) is 14.7 Å². The molecule has 1 aliphatic carbocycles. The zero-order chi connectivity index (χ0) is 21.6. The van der Waals surface area contributed by atoms with Crippen LogP contribution in [0, 0.1) is 5.41 Å². The SMILES string of the molecule is CC1=Cc2ccc(N(c3ccc4ccccc4c3)S(=O)O)cc2C1C(C)(C)C(N)=O. The summed E-state index contributed by atoms with van der Waals surface area (Å²) in [5.74, 6) is -0.564. The van der Waals surface area contributed by atoms with E-state index in [1.54, 1.807) is 0 Å². The molecule has 5 nitrogen and oxygen atoms in total. The van der Waals surface area contributed by atoms with Gasteiger partial charge in [0.15, 0.2) is 0 Å². The minimum Gasteiger partial charge on any atom is -0.369 e. The van der Waals surface area contributed by atoms with Gasteiger partial charge in [0.25, 0.3) is 11.3 Å². The topological polar surface area (TPSA) is 83.6 Å². The lowest BCUT2D eigenvalue weighted by molar-refractivity contribution is -0.126. The molecule has 30 heavy (non-hydrogen) atoms. The van der Waals surface area contributed by atoms with Gasteiger partial charge >= 0.3 is 0 Å². The maximum atomic E-state index is 12.3. The van der Waals surface area contributed by atoms with Crippen LogP contribution >= 0.6 is 0 Å². The fourth-order valence-corrected chi connectivity index (χ4v) is 4.96. The van der Waals surface area contributed by atoms with Crippen LogP contribution < -0.4 is 10.0 Å². The van der Waals surface area contributed by atoms with E-state index in [0.29, 0.717) is 11.4 Å². The molecule has 1 aliphatic rings. The van der Waals surface area contributed by atoms with Gasteiger partial charge in [0.2, 0.25) is 5.91 Å². The highest BCUT2D eigenvalue weighted by Gasteiger charge is 2.40. The summed E-state index contributed by atoms with van der Waals surface area (Å²) in [5, 5.41) is 2.04. The van der Waals surface area contributed by atoms with Gasteiger partial charge < -0.3 is 5.73 Å². The van der Waals surface area contributed by atoms with E-state index in [2.05, 4.69) is 0 Å². The highest BCUT2D eigenvalue weighted by molar-refractivity contribution is 7.81. The molecule has 3 aromatic rings. The largest absolute Gasteiger partial charge is 0.369 e. The summed E-state index contributed by atoms with van der Waals surface area (Å²) < 4.78 is 23.8. The number of allylic oxidation sites excluding steroid dienone is 1. The zero-order valence-electron chi connectivity index (χ0n) is 17.1. The van der Waals surface area contributed by atoms with E-state index in [4.69, 9.17) is 5.73 Å². The Morgan fingerprint density at radius 3 is 2.33 bits per heavy atom. The molecular formula is C24H24N2O3S. The Morgan fingerprint density at radius 2 is 1.67 bits per heavy atom. The van der Waals surface area contributed by atoms with Crippen molar-refractivity contribution in [1.82, 2.24) is 0 Å². The molecule has 0 saturated heterocycles. The standard InChI is InChI=1S/C24H24N2O3S/c1-15-12-18-9-11-20(14-21(18)22(15)24(2,3)23(25)27)26(30(28)29)19-10-8-16-6-4-5-7-17(16)13-19/h4-14,22H,1-3H3,(H2,25,27)(H,28,29). The molecular weight excluding hydrogens is 396 g/mol. The summed E-state index contributed by atoms with van der Waals surface area (Å²) in [6.07, 6.45) is 2.05. The number of rotatable bonds is 5. The third-order valence-electron chi connectivity index (χ3n) is 5.93. The predicted molar refractivity (Wildman–Crippen MR) is 123 cm³/mol. The Bertz CT molecular complexity index is 1220. The number of primary amides is 1. The Kier molecular flexibility index (Phi) is 5.00. The maximum Gasteiger partial charge on any atom is 0.266 e. The molecule has 3 N–H and O–H groups in total. The first-order chi connectivity index (χ1) is 14.2. The quantitative estimate of drug-likeness (QED) is 0.562. The molecule has 4 rings (SSSR count). The average molecular weight is 421 g/mol. The van der Waals surface area contributed by atoms with Gasteiger partial charge in [0.1, 0.15) is 0 Å². The summed E-state index contributed by atoms with van der Waals surface area (Å²) in [7, 11) is 0. The zero-order valence-corrected chi connectivity index (χ0v) is 17.9. The molecule has 3 aromatic carbocycles. The van der Waals surface area contributed by atoms with E-state index in [-0.39, 0.29) is 11.8 Å². The number of amides is 1. The Labute approximate surface area is 178 Å². The summed E-state index contributed by atoms with van der Waals surface area (Å²) in [5.41, 5.74) is 9.09. The van der Waals surface area contributed by atoms with Crippen LogP contribution in [0.15, 0.2) is 66.2 Å². The number of anilines is 2. The van der Waals surface area contributed by atoms with Crippen LogP contribution in [-0.2, 0) is 16.1 Å². The van der Waals surface area contributed by atoms with E-state index < -0.39 is 16.7 Å². The average Bonchev–Trinajstić information content (AvgIpc) is 3.03. The van der Waals surface area contributed by atoms with Crippen molar-refractivity contribution in [3.8, 4) is 0 Å². The van der Waals surface area contributed by atoms with E-state index in [1.807, 2.05) is 87.5 Å². The summed E-state index contributed by atoms with van der Waals surface area (Å²) in [6.45, 7) is 5.66. The maximum absolute atomic E-state index is 12.3. The lowest BCUT2D eigenvalue weighted by atomic mass is 9.72. The minimum absolute atomic E-state index is 0.185. The second kappa shape index (κ2) is 7.38. The van der Waals surface area contributed by atoms with Crippen LogP contribution in [0.2, 0.25) is 0 Å². The van der Waals surface area contributed by atoms with Crippen molar-refractivity contribution < 1.29 is 13.6 Å². The number of nitrogens with zero attached hydrogens (tertiary/aromatic N) is 1. The summed E-state index contributed by atoms with van der Waals surface area (Å²) >= 11 is -2.27. The Hall–Kier alpha value is -2.96. The number of carbonyl (C=O) groups is 1. The monoisotopic (exact) mass is 420 g/mol. The summed E-state index contributed by atoms with van der Waals surface area (Å²) in [6, 6.07) is 19.2. The lowest BCUT2D eigenvalue weighted by Crippen LogP contribution is -2.37. The third-order valence-corrected chi connectivity index (χ3v) is 6.67. The van der Waals surface area contributed by atoms with Gasteiger partial charge in [-0.3, -0.25) is 9.35 Å². The lowest BCUT2D eigenvalue weighted by Gasteiger charge is -2.31. The van der Waals surface area contributed by atoms with Gasteiger partial charge in [0, 0.05) is 5.92 Å². The normalized spacial score (nSPS) is 16.8. The first-order valence-electron chi connectivity index (χ1n) is 9.72. The number of fused-ring (bicyclic) bond motifs is 2. The summed E-state index contributed by atoms with van der Waals surface area (Å²) in [4.78, 5) is 12.1. The molecule has 2 atom stereocenters. The predicted octanol–water partition coefficient (Wildman–Crippen LogP) is 5.13. The first kappa shape index (κ1) is 20.3. The molecule has 0 radical (unpaired) electrons. The fraction of sp³-hybridized carbons (Fsp3) is 0.208. The molecule has 1 amide bonds. The molecule has 6 heteroatoms. The van der Waals surface area contributed by atoms with Crippen molar-refractivity contribution in [2.45, 2.75) is 26.7 Å². The molecule has 0 fully saturated rings. The molecule has 0 heterocycles. The molecule has 0 spiro atoms. The smallest absolute Gasteiger partial charge is 0.266 e. The van der Waals surface area contributed by atoms with Crippen molar-refractivity contribution in [3.05, 3.63) is 77.4 Å². The minimum atomic E-state index is -2.27. The van der Waals surface area contributed by atoms with Gasteiger partial charge in [-0.15, -0.1) is 0 Å². The van der Waals surface area contributed by atoms with Crippen molar-refractivity contribution >= 4 is 45.4 Å². The molecule has 154 valence electrons. The van der Waals surface area contributed by atoms with Crippen LogP contribution in [0.25, 0.3) is 16.8 Å². The van der Waals surface area contributed by atoms with Crippen molar-refractivity contribution in [3.63, 3.8) is 0 Å². The van der Waals surface area contributed by atoms with E-state index in [0.717, 1.165) is 27.5 Å². The highest BCUT2D eigenvalue weighted by Crippen LogP contribution is 2.48. The third kappa shape index (κ3) is 3.32. The van der Waals surface area contributed by atoms with Crippen molar-refractivity contribution in [1.29, 1.82) is 0 Å². The van der Waals surface area contributed by atoms with E-state index >= 15 is 0 Å². The van der Waals surface area contributed by atoms with Crippen LogP contribution in [0.4, 0.5) is 11.4 Å². The second-order valence-electron chi connectivity index (χ2n) is 8.28. The molecule has 0 saturated carbocycles. The van der Waals surface area contributed by atoms with E-state index in [1.165, 1.54) is 4.31 Å². The Morgan fingerprint density at radius 1 is 1.03 bits per heavy atom. The van der Waals surface area contributed by atoms with Gasteiger partial charge in [0.05, 0.1) is 16.8 Å². The number of carbonyl (C=O) groups excluding carboxylic acids is 1. The van der Waals surface area contributed by atoms with Crippen LogP contribution in [0.1, 0.15) is 37.8 Å². The molecule has 2 unspecified atom stereocenters. The van der Waals surface area contributed by atoms with Crippen molar-refractivity contribution in [2.24, 2.45) is 11.1 Å². The van der Waals surface area contributed by atoms with Crippen molar-refractivity contribution in [2.75, 3.05) is 4.31 Å². The Balaban J connectivity index is 1.82. The second-order valence-corrected chi connectivity index (χ2v) is 9.10. The first-order valence-corrected chi connectivity index (χ1v) is 10.8. The number of benzene rings is 3. The van der Waals surface area contributed by atoms with Gasteiger partial charge in [-0.25, -0.2) is 8.51 Å². The van der Waals surface area contributed by atoms with Crippen LogP contribution in [0.5, 0.6) is 0 Å². The number of nitrogens with two attached hydrogens (primary N) is 1. The van der Waals surface area contributed by atoms with Gasteiger partial charge in [-0.1, -0.05) is 61.9 Å². The number of hydrogen-bond donors (Lipinski definition) is 2. The molecule has 0 bridgehead atoms. The van der Waals surface area contributed by atoms with E-state index in [9.17, 15) is 13.6 Å². The number of hydrogen-bond acceptors (Lipinski definition) is 2.